The Kier molecular flexibility index (Phi) is 3.71. The van der Waals surface area contributed by atoms with E-state index < -0.39 is 0 Å². The molecular formula is C15H15NO3. The van der Waals surface area contributed by atoms with Crippen LogP contribution in [0.15, 0.2) is 48.5 Å². The number of hydrogen-bond donors (Lipinski definition) is 1. The minimum Gasteiger partial charge on any atom is -0.504 e. The smallest absolute Gasteiger partial charge is 0.258 e. The number of aromatic hydroxyl groups is 1. The van der Waals surface area contributed by atoms with E-state index >= 15 is 0 Å². The van der Waals surface area contributed by atoms with Crippen LogP contribution in [0.4, 0.5) is 5.69 Å². The van der Waals surface area contributed by atoms with Crippen LogP contribution in [0.2, 0.25) is 0 Å². The summed E-state index contributed by atoms with van der Waals surface area (Å²) in [6.45, 7) is 0. The normalized spacial score (nSPS) is 10.0. The molecule has 0 atom stereocenters. The highest BCUT2D eigenvalue weighted by molar-refractivity contribution is 6.06. The fraction of sp³-hybridized carbons (Fsp3) is 0.133. The van der Waals surface area contributed by atoms with E-state index in [-0.39, 0.29) is 11.7 Å². The number of nitrogens with zero attached hydrogens (tertiary/aromatic N) is 1. The van der Waals surface area contributed by atoms with Crippen LogP contribution >= 0.6 is 0 Å². The van der Waals surface area contributed by atoms with Crippen molar-refractivity contribution in [1.29, 1.82) is 0 Å². The Hall–Kier alpha value is -2.49. The summed E-state index contributed by atoms with van der Waals surface area (Å²) in [5.41, 5.74) is 1.20. The number of carbonyl (C=O) groups excluding carboxylic acids is 1. The second-order valence-corrected chi connectivity index (χ2v) is 4.09. The summed E-state index contributed by atoms with van der Waals surface area (Å²) in [4.78, 5) is 13.8. The molecule has 4 heteroatoms. The molecule has 0 bridgehead atoms. The van der Waals surface area contributed by atoms with E-state index in [1.54, 1.807) is 19.2 Å². The second kappa shape index (κ2) is 5.44. The average Bonchev–Trinajstić information content (AvgIpc) is 2.46. The maximum Gasteiger partial charge on any atom is 0.258 e. The van der Waals surface area contributed by atoms with Gasteiger partial charge < -0.3 is 14.7 Å². The number of rotatable bonds is 3. The van der Waals surface area contributed by atoms with Crippen LogP contribution in [0.5, 0.6) is 11.5 Å². The molecule has 98 valence electrons. The zero-order valence-electron chi connectivity index (χ0n) is 10.8. The molecule has 2 aromatic carbocycles. The molecule has 0 heterocycles. The Labute approximate surface area is 111 Å². The van der Waals surface area contributed by atoms with Gasteiger partial charge in [0.1, 0.15) is 0 Å². The largest absolute Gasteiger partial charge is 0.504 e. The first-order chi connectivity index (χ1) is 9.13. The molecule has 0 unspecified atom stereocenters. The van der Waals surface area contributed by atoms with Gasteiger partial charge in [0, 0.05) is 18.3 Å². The number of para-hydroxylation sites is 1. The van der Waals surface area contributed by atoms with Gasteiger partial charge in [-0.15, -0.1) is 0 Å². The Bertz CT molecular complexity index is 581. The molecule has 19 heavy (non-hydrogen) atoms. The molecular weight excluding hydrogens is 242 g/mol. The number of amides is 1. The molecule has 0 fully saturated rings. The first kappa shape index (κ1) is 13.0. The average molecular weight is 257 g/mol. The van der Waals surface area contributed by atoms with Crippen molar-refractivity contribution >= 4 is 11.6 Å². The first-order valence-electron chi connectivity index (χ1n) is 5.83. The zero-order chi connectivity index (χ0) is 13.8. The van der Waals surface area contributed by atoms with Crippen LogP contribution in [-0.2, 0) is 0 Å². The molecule has 0 spiro atoms. The van der Waals surface area contributed by atoms with Gasteiger partial charge in [-0.3, -0.25) is 4.79 Å². The van der Waals surface area contributed by atoms with Crippen molar-refractivity contribution in [1.82, 2.24) is 0 Å². The molecule has 1 N–H and O–H groups in total. The summed E-state index contributed by atoms with van der Waals surface area (Å²) >= 11 is 0. The van der Waals surface area contributed by atoms with Gasteiger partial charge >= 0.3 is 0 Å². The summed E-state index contributed by atoms with van der Waals surface area (Å²) in [7, 11) is 3.16. The fourth-order valence-electron chi connectivity index (χ4n) is 1.79. The minimum absolute atomic E-state index is 0.0465. The molecule has 0 radical (unpaired) electrons. The van der Waals surface area contributed by atoms with E-state index in [0.29, 0.717) is 11.3 Å². The number of ether oxygens (including phenoxy) is 1. The molecule has 0 saturated carbocycles. The van der Waals surface area contributed by atoms with E-state index in [1.165, 1.54) is 18.1 Å². The molecule has 0 aliphatic heterocycles. The van der Waals surface area contributed by atoms with Gasteiger partial charge in [-0.1, -0.05) is 18.2 Å². The topological polar surface area (TPSA) is 49.8 Å². The molecule has 0 saturated heterocycles. The molecule has 0 aliphatic rings. The third kappa shape index (κ3) is 2.68. The van der Waals surface area contributed by atoms with Gasteiger partial charge in [0.2, 0.25) is 0 Å². The number of hydrogen-bond acceptors (Lipinski definition) is 3. The maximum absolute atomic E-state index is 12.3. The van der Waals surface area contributed by atoms with Crippen molar-refractivity contribution < 1.29 is 14.6 Å². The lowest BCUT2D eigenvalue weighted by Gasteiger charge is -2.17. The lowest BCUT2D eigenvalue weighted by molar-refractivity contribution is 0.0992. The summed E-state index contributed by atoms with van der Waals surface area (Å²) < 4.78 is 4.95. The summed E-state index contributed by atoms with van der Waals surface area (Å²) in [5.74, 6) is 0.109. The van der Waals surface area contributed by atoms with Crippen molar-refractivity contribution in [3.63, 3.8) is 0 Å². The van der Waals surface area contributed by atoms with Gasteiger partial charge in [0.25, 0.3) is 5.91 Å². The van der Waals surface area contributed by atoms with Gasteiger partial charge in [0.15, 0.2) is 11.5 Å². The van der Waals surface area contributed by atoms with Crippen molar-refractivity contribution in [3.05, 3.63) is 54.1 Å². The summed E-state index contributed by atoms with van der Waals surface area (Å²) in [5, 5.41) is 9.70. The Morgan fingerprint density at radius 3 is 2.42 bits per heavy atom. The molecule has 0 aromatic heterocycles. The van der Waals surface area contributed by atoms with Gasteiger partial charge in [-0.2, -0.15) is 0 Å². The van der Waals surface area contributed by atoms with Crippen LogP contribution < -0.4 is 9.64 Å². The number of phenols is 1. The highest BCUT2D eigenvalue weighted by atomic mass is 16.5. The molecule has 2 aromatic rings. The van der Waals surface area contributed by atoms with Crippen molar-refractivity contribution in [2.45, 2.75) is 0 Å². The Morgan fingerprint density at radius 1 is 1.16 bits per heavy atom. The number of carbonyl (C=O) groups is 1. The molecule has 0 aliphatic carbocycles. The summed E-state index contributed by atoms with van der Waals surface area (Å²) in [6.07, 6.45) is 0. The van der Waals surface area contributed by atoms with E-state index in [1.807, 2.05) is 30.3 Å². The van der Waals surface area contributed by atoms with Gasteiger partial charge in [-0.25, -0.2) is 0 Å². The first-order valence-corrected chi connectivity index (χ1v) is 5.83. The highest BCUT2D eigenvalue weighted by Gasteiger charge is 2.15. The van der Waals surface area contributed by atoms with E-state index in [2.05, 4.69) is 0 Å². The predicted molar refractivity (Wildman–Crippen MR) is 73.8 cm³/mol. The standard InChI is InChI=1S/C15H15NO3/c1-16(12-6-4-3-5-7-12)15(18)11-8-9-14(19-2)13(17)10-11/h3-10,17H,1-2H3. The van der Waals surface area contributed by atoms with Crippen LogP contribution in [0.25, 0.3) is 0 Å². The number of benzene rings is 2. The number of methoxy groups -OCH3 is 1. The van der Waals surface area contributed by atoms with Gasteiger partial charge in [-0.05, 0) is 30.3 Å². The van der Waals surface area contributed by atoms with Crippen LogP contribution in [0.1, 0.15) is 10.4 Å². The predicted octanol–water partition coefficient (Wildman–Crippen LogP) is 2.68. The minimum atomic E-state index is -0.191. The summed E-state index contributed by atoms with van der Waals surface area (Å²) in [6, 6.07) is 13.9. The van der Waals surface area contributed by atoms with Crippen molar-refractivity contribution in [2.24, 2.45) is 0 Å². The van der Waals surface area contributed by atoms with Crippen molar-refractivity contribution in [3.8, 4) is 11.5 Å². The lowest BCUT2D eigenvalue weighted by Crippen LogP contribution is -2.26. The van der Waals surface area contributed by atoms with E-state index in [4.69, 9.17) is 4.74 Å². The number of phenolic OH excluding ortho intramolecular Hbond substituents is 1. The van der Waals surface area contributed by atoms with Crippen molar-refractivity contribution in [2.75, 3.05) is 19.1 Å². The van der Waals surface area contributed by atoms with E-state index in [9.17, 15) is 9.90 Å². The third-order valence-corrected chi connectivity index (χ3v) is 2.87. The molecule has 1 amide bonds. The lowest BCUT2D eigenvalue weighted by atomic mass is 10.1. The SMILES string of the molecule is COc1ccc(C(=O)N(C)c2ccccc2)cc1O. The van der Waals surface area contributed by atoms with Crippen LogP contribution in [0.3, 0.4) is 0 Å². The van der Waals surface area contributed by atoms with E-state index in [0.717, 1.165) is 5.69 Å². The van der Waals surface area contributed by atoms with Crippen LogP contribution in [-0.4, -0.2) is 25.2 Å². The second-order valence-electron chi connectivity index (χ2n) is 4.09. The van der Waals surface area contributed by atoms with Gasteiger partial charge in [0.05, 0.1) is 7.11 Å². The molecule has 2 rings (SSSR count). The quantitative estimate of drug-likeness (QED) is 0.919. The monoisotopic (exact) mass is 257 g/mol. The molecule has 4 nitrogen and oxygen atoms in total. The fourth-order valence-corrected chi connectivity index (χ4v) is 1.79. The Balaban J connectivity index is 2.27. The maximum atomic E-state index is 12.3. The Morgan fingerprint density at radius 2 is 1.84 bits per heavy atom. The number of anilines is 1. The highest BCUT2D eigenvalue weighted by Crippen LogP contribution is 2.27. The third-order valence-electron chi connectivity index (χ3n) is 2.87. The zero-order valence-corrected chi connectivity index (χ0v) is 10.8. The van der Waals surface area contributed by atoms with Crippen LogP contribution in [0, 0.1) is 0 Å².